The number of hydrogen-bond donors (Lipinski definition) is 2. The molecular weight excluding hydrogens is 376 g/mol. The molecule has 0 aliphatic rings. The molecule has 0 aliphatic heterocycles. The van der Waals surface area contributed by atoms with E-state index in [9.17, 15) is 4.79 Å². The molecule has 6 nitrogen and oxygen atoms in total. The SMILES string of the molecule is CC(C)CNc1nc2ccccc2n2c(-c3ccc(C(=O)CCCO)cc3)cnc12. The summed E-state index contributed by atoms with van der Waals surface area (Å²) in [7, 11) is 0. The van der Waals surface area contributed by atoms with Crippen molar-refractivity contribution in [3.63, 3.8) is 0 Å². The summed E-state index contributed by atoms with van der Waals surface area (Å²) < 4.78 is 2.12. The van der Waals surface area contributed by atoms with E-state index in [0.29, 0.717) is 24.3 Å². The van der Waals surface area contributed by atoms with Gasteiger partial charge in [0.2, 0.25) is 0 Å². The van der Waals surface area contributed by atoms with Crippen LogP contribution in [0.25, 0.3) is 27.9 Å². The number of aliphatic hydroxyl groups is 1. The smallest absolute Gasteiger partial charge is 0.181 e. The molecule has 30 heavy (non-hydrogen) atoms. The highest BCUT2D eigenvalue weighted by Gasteiger charge is 2.15. The lowest BCUT2D eigenvalue weighted by Gasteiger charge is -2.12. The molecule has 0 amide bonds. The number of nitrogens with zero attached hydrogens (tertiary/aromatic N) is 3. The molecule has 2 N–H and O–H groups in total. The fourth-order valence-corrected chi connectivity index (χ4v) is 3.51. The highest BCUT2D eigenvalue weighted by Crippen LogP contribution is 2.29. The van der Waals surface area contributed by atoms with Crippen LogP contribution in [0.2, 0.25) is 0 Å². The third kappa shape index (κ3) is 3.91. The number of imidazole rings is 1. The van der Waals surface area contributed by atoms with Gasteiger partial charge in [0.15, 0.2) is 17.2 Å². The van der Waals surface area contributed by atoms with E-state index in [1.807, 2.05) is 54.7 Å². The molecule has 2 heterocycles. The predicted molar refractivity (Wildman–Crippen MR) is 120 cm³/mol. The Labute approximate surface area is 175 Å². The van der Waals surface area contributed by atoms with Crippen molar-refractivity contribution in [1.29, 1.82) is 0 Å². The number of rotatable bonds is 8. The molecule has 2 aromatic carbocycles. The number of carbonyl (C=O) groups is 1. The number of anilines is 1. The normalized spacial score (nSPS) is 11.5. The van der Waals surface area contributed by atoms with Gasteiger partial charge in [-0.2, -0.15) is 0 Å². The molecular formula is C24H26N4O2. The van der Waals surface area contributed by atoms with Crippen molar-refractivity contribution in [2.24, 2.45) is 5.92 Å². The van der Waals surface area contributed by atoms with E-state index in [2.05, 4.69) is 28.5 Å². The van der Waals surface area contributed by atoms with Crippen molar-refractivity contribution in [2.75, 3.05) is 18.5 Å². The maximum Gasteiger partial charge on any atom is 0.181 e. The number of benzene rings is 2. The van der Waals surface area contributed by atoms with E-state index in [4.69, 9.17) is 10.1 Å². The van der Waals surface area contributed by atoms with Crippen LogP contribution in [-0.2, 0) is 0 Å². The Morgan fingerprint density at radius 3 is 2.63 bits per heavy atom. The second kappa shape index (κ2) is 8.63. The first kappa shape index (κ1) is 20.0. The van der Waals surface area contributed by atoms with Gasteiger partial charge in [-0.05, 0) is 24.5 Å². The predicted octanol–water partition coefficient (Wildman–Crippen LogP) is 4.57. The summed E-state index contributed by atoms with van der Waals surface area (Å²) in [6.07, 6.45) is 2.69. The Hall–Kier alpha value is -3.25. The second-order valence-corrected chi connectivity index (χ2v) is 7.85. The van der Waals surface area contributed by atoms with Crippen LogP contribution in [0.1, 0.15) is 37.0 Å². The first-order valence-electron chi connectivity index (χ1n) is 10.3. The van der Waals surface area contributed by atoms with Gasteiger partial charge in [-0.1, -0.05) is 50.2 Å². The van der Waals surface area contributed by atoms with Gasteiger partial charge in [0.25, 0.3) is 0 Å². The van der Waals surface area contributed by atoms with Crippen LogP contribution in [0.5, 0.6) is 0 Å². The van der Waals surface area contributed by atoms with Crippen LogP contribution in [0.4, 0.5) is 5.82 Å². The van der Waals surface area contributed by atoms with Crippen LogP contribution in [0, 0.1) is 5.92 Å². The summed E-state index contributed by atoms with van der Waals surface area (Å²) in [5, 5.41) is 12.4. The van der Waals surface area contributed by atoms with Crippen molar-refractivity contribution in [2.45, 2.75) is 26.7 Å². The van der Waals surface area contributed by atoms with Gasteiger partial charge >= 0.3 is 0 Å². The first-order chi connectivity index (χ1) is 14.6. The second-order valence-electron chi connectivity index (χ2n) is 7.85. The highest BCUT2D eigenvalue weighted by atomic mass is 16.3. The number of carbonyl (C=O) groups excluding carboxylic acids is 1. The minimum absolute atomic E-state index is 0.0277. The summed E-state index contributed by atoms with van der Waals surface area (Å²) in [4.78, 5) is 21.7. The summed E-state index contributed by atoms with van der Waals surface area (Å²) in [6.45, 7) is 5.16. The fourth-order valence-electron chi connectivity index (χ4n) is 3.51. The molecule has 0 unspecified atom stereocenters. The topological polar surface area (TPSA) is 79.5 Å². The van der Waals surface area contributed by atoms with Crippen molar-refractivity contribution < 1.29 is 9.90 Å². The molecule has 4 rings (SSSR count). The Kier molecular flexibility index (Phi) is 5.77. The van der Waals surface area contributed by atoms with E-state index in [1.54, 1.807) is 0 Å². The quantitative estimate of drug-likeness (QED) is 0.422. The Morgan fingerprint density at radius 2 is 1.90 bits per heavy atom. The van der Waals surface area contributed by atoms with Gasteiger partial charge < -0.3 is 10.4 Å². The number of nitrogens with one attached hydrogen (secondary N) is 1. The fraction of sp³-hybridized carbons (Fsp3) is 0.292. The zero-order valence-electron chi connectivity index (χ0n) is 17.3. The number of aromatic nitrogens is 3. The molecule has 154 valence electrons. The van der Waals surface area contributed by atoms with Crippen molar-refractivity contribution in [3.05, 3.63) is 60.3 Å². The van der Waals surface area contributed by atoms with Crippen LogP contribution < -0.4 is 5.32 Å². The third-order valence-electron chi connectivity index (χ3n) is 5.07. The molecule has 0 atom stereocenters. The molecule has 0 saturated heterocycles. The van der Waals surface area contributed by atoms with Crippen molar-refractivity contribution in [3.8, 4) is 11.3 Å². The van der Waals surface area contributed by atoms with E-state index >= 15 is 0 Å². The summed E-state index contributed by atoms with van der Waals surface area (Å²) in [5.74, 6) is 1.30. The van der Waals surface area contributed by atoms with Crippen LogP contribution >= 0.6 is 0 Å². The molecule has 2 aromatic heterocycles. The largest absolute Gasteiger partial charge is 0.396 e. The maximum atomic E-state index is 12.2. The van der Waals surface area contributed by atoms with Crippen LogP contribution in [0.3, 0.4) is 0 Å². The molecule has 0 bridgehead atoms. The maximum absolute atomic E-state index is 12.2. The van der Waals surface area contributed by atoms with Gasteiger partial charge in [-0.3, -0.25) is 9.20 Å². The molecule has 4 aromatic rings. The summed E-state index contributed by atoms with van der Waals surface area (Å²) in [5.41, 5.74) is 5.25. The van der Waals surface area contributed by atoms with Gasteiger partial charge in [0.05, 0.1) is 22.9 Å². The molecule has 0 saturated carbocycles. The van der Waals surface area contributed by atoms with E-state index in [1.165, 1.54) is 0 Å². The van der Waals surface area contributed by atoms with Gasteiger partial charge in [-0.25, -0.2) is 9.97 Å². The number of hydrogen-bond acceptors (Lipinski definition) is 5. The first-order valence-corrected chi connectivity index (χ1v) is 10.3. The van der Waals surface area contributed by atoms with Gasteiger partial charge in [-0.15, -0.1) is 0 Å². The Bertz CT molecular complexity index is 1180. The van der Waals surface area contributed by atoms with E-state index in [0.717, 1.165) is 40.3 Å². The standard InChI is InChI=1S/C24H26N4O2/c1-16(2)14-25-23-24-26-15-21(28(24)20-7-4-3-6-19(20)27-23)17-9-11-18(12-10-17)22(30)8-5-13-29/h3-4,6-7,9-12,15-16,29H,5,8,13-14H2,1-2H3,(H,25,27). The highest BCUT2D eigenvalue weighted by molar-refractivity contribution is 5.96. The van der Waals surface area contributed by atoms with Crippen molar-refractivity contribution in [1.82, 2.24) is 14.4 Å². The number of fused-ring (bicyclic) bond motifs is 3. The van der Waals surface area contributed by atoms with Gasteiger partial charge in [0, 0.05) is 30.7 Å². The lowest BCUT2D eigenvalue weighted by atomic mass is 10.0. The Balaban J connectivity index is 1.79. The lowest BCUT2D eigenvalue weighted by molar-refractivity contribution is 0.0971. The average Bonchev–Trinajstić information content (AvgIpc) is 3.21. The zero-order chi connectivity index (χ0) is 21.1. The lowest BCUT2D eigenvalue weighted by Crippen LogP contribution is -2.11. The number of ketones is 1. The zero-order valence-corrected chi connectivity index (χ0v) is 17.3. The average molecular weight is 402 g/mol. The molecule has 6 heteroatoms. The summed E-state index contributed by atoms with van der Waals surface area (Å²) in [6, 6.07) is 15.6. The van der Waals surface area contributed by atoms with E-state index in [-0.39, 0.29) is 12.4 Å². The summed E-state index contributed by atoms with van der Waals surface area (Å²) >= 11 is 0. The number of para-hydroxylation sites is 2. The molecule has 0 spiro atoms. The number of Topliss-reactive ketones (excluding diaryl/α,β-unsaturated/α-hetero) is 1. The minimum Gasteiger partial charge on any atom is -0.396 e. The van der Waals surface area contributed by atoms with Gasteiger partial charge in [0.1, 0.15) is 0 Å². The third-order valence-corrected chi connectivity index (χ3v) is 5.07. The minimum atomic E-state index is 0.0277. The number of aliphatic hydroxyl groups excluding tert-OH is 1. The van der Waals surface area contributed by atoms with Crippen LogP contribution in [0.15, 0.2) is 54.7 Å². The molecule has 0 fully saturated rings. The van der Waals surface area contributed by atoms with Crippen LogP contribution in [-0.4, -0.2) is 38.4 Å². The molecule has 0 aliphatic carbocycles. The monoisotopic (exact) mass is 402 g/mol. The molecule has 0 radical (unpaired) electrons. The van der Waals surface area contributed by atoms with E-state index < -0.39 is 0 Å². The van der Waals surface area contributed by atoms with Crippen molar-refractivity contribution >= 4 is 28.3 Å². The Morgan fingerprint density at radius 1 is 1.13 bits per heavy atom.